The lowest BCUT2D eigenvalue weighted by molar-refractivity contribution is -0.151. The van der Waals surface area contributed by atoms with Crippen LogP contribution >= 0.6 is 0 Å². The summed E-state index contributed by atoms with van der Waals surface area (Å²) in [5.41, 5.74) is 3.55. The molecule has 2 aliphatic rings. The number of aromatic nitrogens is 1. The third kappa shape index (κ3) is 7.76. The van der Waals surface area contributed by atoms with Crippen molar-refractivity contribution in [1.29, 1.82) is 0 Å². The van der Waals surface area contributed by atoms with Gasteiger partial charge in [-0.1, -0.05) is 36.4 Å². The summed E-state index contributed by atoms with van der Waals surface area (Å²) in [6, 6.07) is 14.6. The number of ether oxygens (including phenoxy) is 2. The van der Waals surface area contributed by atoms with E-state index in [2.05, 4.69) is 27.7 Å². The van der Waals surface area contributed by atoms with Gasteiger partial charge in [-0.3, -0.25) is 4.90 Å². The highest BCUT2D eigenvalue weighted by molar-refractivity contribution is 5.77. The second-order valence-electron chi connectivity index (χ2n) is 9.89. The van der Waals surface area contributed by atoms with Crippen LogP contribution in [0.3, 0.4) is 0 Å². The van der Waals surface area contributed by atoms with Crippen molar-refractivity contribution in [2.45, 2.75) is 63.5 Å². The lowest BCUT2D eigenvalue weighted by Gasteiger charge is -2.37. The van der Waals surface area contributed by atoms with E-state index in [0.29, 0.717) is 19.3 Å². The summed E-state index contributed by atoms with van der Waals surface area (Å²) in [5.74, 6) is 0.936. The molecule has 0 amide bonds. The van der Waals surface area contributed by atoms with Crippen LogP contribution in [-0.2, 0) is 27.1 Å². The molecule has 36 heavy (non-hydrogen) atoms. The number of methoxy groups -OCH3 is 1. The van der Waals surface area contributed by atoms with Gasteiger partial charge in [-0.15, -0.1) is 0 Å². The van der Waals surface area contributed by atoms with Gasteiger partial charge in [0.05, 0.1) is 6.61 Å². The molecule has 1 aromatic heterocycles. The Kier molecular flexibility index (Phi) is 10.6. The first kappa shape index (κ1) is 26.6. The minimum Gasteiger partial charge on any atom is -0.464 e. The maximum absolute atomic E-state index is 13.0. The second-order valence-corrected chi connectivity index (χ2v) is 9.89. The molecule has 3 heterocycles. The zero-order chi connectivity index (χ0) is 25.0. The van der Waals surface area contributed by atoms with E-state index in [1.54, 1.807) is 7.11 Å². The summed E-state index contributed by atoms with van der Waals surface area (Å²) < 4.78 is 10.7. The van der Waals surface area contributed by atoms with Crippen LogP contribution in [0.4, 0.5) is 5.82 Å². The molecule has 196 valence electrons. The normalized spacial score (nSPS) is 17.2. The molecule has 1 saturated heterocycles. The van der Waals surface area contributed by atoms with Gasteiger partial charge in [0.15, 0.2) is 0 Å². The average Bonchev–Trinajstić information content (AvgIpc) is 2.92. The number of carbonyl (C=O) groups excluding carboxylic acids is 1. The number of benzene rings is 1. The van der Waals surface area contributed by atoms with Gasteiger partial charge in [-0.2, -0.15) is 0 Å². The first-order valence-electron chi connectivity index (χ1n) is 13.6. The van der Waals surface area contributed by atoms with E-state index in [9.17, 15) is 4.79 Å². The van der Waals surface area contributed by atoms with Gasteiger partial charge in [0.2, 0.25) is 0 Å². The number of esters is 1. The van der Waals surface area contributed by atoms with Gasteiger partial charge >= 0.3 is 5.97 Å². The van der Waals surface area contributed by atoms with Crippen LogP contribution in [0.5, 0.6) is 0 Å². The van der Waals surface area contributed by atoms with Crippen LogP contribution in [0, 0.1) is 0 Å². The lowest BCUT2D eigenvalue weighted by Crippen LogP contribution is -2.46. The molecule has 2 N–H and O–H groups in total. The Labute approximate surface area is 216 Å². The summed E-state index contributed by atoms with van der Waals surface area (Å²) in [4.78, 5) is 20.1. The fraction of sp³-hybridized carbons (Fsp3) is 0.586. The van der Waals surface area contributed by atoms with Gasteiger partial charge in [-0.05, 0) is 68.7 Å². The predicted octanol–water partition coefficient (Wildman–Crippen LogP) is 4.14. The largest absolute Gasteiger partial charge is 0.464 e. The fourth-order valence-corrected chi connectivity index (χ4v) is 5.19. The SMILES string of the molecule is COCCCOC(=O)C(c1ccccc1)N1CCC(NCCCCc2ccc3c(n2)NCCC3)CC1. The molecule has 0 spiro atoms. The number of nitrogens with one attached hydrogen (secondary N) is 2. The molecule has 0 bridgehead atoms. The highest BCUT2D eigenvalue weighted by atomic mass is 16.5. The lowest BCUT2D eigenvalue weighted by atomic mass is 9.99. The molecule has 0 saturated carbocycles. The third-order valence-electron chi connectivity index (χ3n) is 7.21. The topological polar surface area (TPSA) is 75.7 Å². The number of unbranched alkanes of at least 4 members (excludes halogenated alkanes) is 1. The number of carbonyl (C=O) groups is 1. The fourth-order valence-electron chi connectivity index (χ4n) is 5.19. The van der Waals surface area contributed by atoms with E-state index >= 15 is 0 Å². The maximum atomic E-state index is 13.0. The molecule has 7 heteroatoms. The first-order chi connectivity index (χ1) is 17.7. The predicted molar refractivity (Wildman–Crippen MR) is 143 cm³/mol. The Morgan fingerprint density at radius 3 is 2.75 bits per heavy atom. The number of hydrogen-bond acceptors (Lipinski definition) is 7. The highest BCUT2D eigenvalue weighted by Crippen LogP contribution is 2.26. The number of hydrogen-bond donors (Lipinski definition) is 2. The summed E-state index contributed by atoms with van der Waals surface area (Å²) in [6.07, 6.45) is 8.45. The van der Waals surface area contributed by atoms with Crippen LogP contribution in [-0.4, -0.2) is 68.4 Å². The molecular weight excluding hydrogens is 452 g/mol. The van der Waals surface area contributed by atoms with Crippen molar-refractivity contribution in [3.05, 3.63) is 59.3 Å². The Hall–Kier alpha value is -2.48. The molecule has 2 aromatic rings. The molecule has 0 radical (unpaired) electrons. The molecular formula is C29H42N4O3. The van der Waals surface area contributed by atoms with Crippen molar-refractivity contribution >= 4 is 11.8 Å². The Morgan fingerprint density at radius 2 is 1.94 bits per heavy atom. The van der Waals surface area contributed by atoms with E-state index in [1.165, 1.54) is 17.7 Å². The van der Waals surface area contributed by atoms with Crippen LogP contribution in [0.15, 0.2) is 42.5 Å². The summed E-state index contributed by atoms with van der Waals surface area (Å²) in [6.45, 7) is 4.82. The smallest absolute Gasteiger partial charge is 0.328 e. The van der Waals surface area contributed by atoms with Gasteiger partial charge < -0.3 is 20.1 Å². The van der Waals surface area contributed by atoms with Crippen LogP contribution < -0.4 is 10.6 Å². The summed E-state index contributed by atoms with van der Waals surface area (Å²) in [7, 11) is 1.66. The van der Waals surface area contributed by atoms with Crippen molar-refractivity contribution in [2.24, 2.45) is 0 Å². The number of fused-ring (bicyclic) bond motifs is 1. The second kappa shape index (κ2) is 14.3. The average molecular weight is 495 g/mol. The van der Waals surface area contributed by atoms with Crippen LogP contribution in [0.2, 0.25) is 0 Å². The molecule has 2 aliphatic heterocycles. The number of piperidine rings is 1. The van der Waals surface area contributed by atoms with E-state index in [0.717, 1.165) is 82.5 Å². The Morgan fingerprint density at radius 1 is 1.11 bits per heavy atom. The van der Waals surface area contributed by atoms with Crippen molar-refractivity contribution in [3.8, 4) is 0 Å². The molecule has 0 aliphatic carbocycles. The van der Waals surface area contributed by atoms with Gasteiger partial charge in [0.25, 0.3) is 0 Å². The van der Waals surface area contributed by atoms with E-state index < -0.39 is 0 Å². The zero-order valence-electron chi connectivity index (χ0n) is 21.7. The monoisotopic (exact) mass is 494 g/mol. The van der Waals surface area contributed by atoms with E-state index in [-0.39, 0.29) is 12.0 Å². The maximum Gasteiger partial charge on any atom is 0.328 e. The summed E-state index contributed by atoms with van der Waals surface area (Å²) in [5, 5.41) is 7.18. The number of likely N-dealkylation sites (tertiary alicyclic amines) is 1. The van der Waals surface area contributed by atoms with Crippen LogP contribution in [0.25, 0.3) is 0 Å². The minimum atomic E-state index is -0.340. The molecule has 4 rings (SSSR count). The van der Waals surface area contributed by atoms with E-state index in [1.807, 2.05) is 30.3 Å². The third-order valence-corrected chi connectivity index (χ3v) is 7.21. The van der Waals surface area contributed by atoms with Crippen molar-refractivity contribution in [1.82, 2.24) is 15.2 Å². The molecule has 7 nitrogen and oxygen atoms in total. The van der Waals surface area contributed by atoms with Crippen LogP contribution in [0.1, 0.15) is 61.4 Å². The standard InChI is InChI=1S/C29H42N4O3/c1-35-21-8-22-36-29(34)27(23-9-3-2-4-10-23)33-19-15-25(16-20-33)30-17-6-5-12-26-14-13-24-11-7-18-31-28(24)32-26/h2-4,9-10,13-14,25,27,30H,5-8,11-12,15-22H2,1H3,(H,31,32). The van der Waals surface area contributed by atoms with Crippen molar-refractivity contribution in [3.63, 3.8) is 0 Å². The molecule has 1 aromatic carbocycles. The van der Waals surface area contributed by atoms with Crippen molar-refractivity contribution in [2.75, 3.05) is 51.8 Å². The van der Waals surface area contributed by atoms with Gasteiger partial charge in [0.1, 0.15) is 11.9 Å². The number of nitrogens with zero attached hydrogens (tertiary/aromatic N) is 2. The molecule has 1 unspecified atom stereocenters. The number of rotatable bonds is 13. The quantitative estimate of drug-likeness (QED) is 0.320. The number of aryl methyl sites for hydroxylation is 2. The summed E-state index contributed by atoms with van der Waals surface area (Å²) >= 11 is 0. The van der Waals surface area contributed by atoms with Gasteiger partial charge in [-0.25, -0.2) is 9.78 Å². The number of anilines is 1. The Bertz CT molecular complexity index is 931. The van der Waals surface area contributed by atoms with Crippen molar-refractivity contribution < 1.29 is 14.3 Å². The van der Waals surface area contributed by atoms with Gasteiger partial charge in [0, 0.05) is 51.5 Å². The minimum absolute atomic E-state index is 0.158. The molecule has 1 atom stereocenters. The van der Waals surface area contributed by atoms with E-state index in [4.69, 9.17) is 14.5 Å². The Balaban J connectivity index is 1.18. The molecule has 1 fully saturated rings. The first-order valence-corrected chi connectivity index (χ1v) is 13.6. The number of pyridine rings is 1. The highest BCUT2D eigenvalue weighted by Gasteiger charge is 2.32. The zero-order valence-corrected chi connectivity index (χ0v) is 21.7.